The van der Waals surface area contributed by atoms with E-state index in [1.165, 1.54) is 40.4 Å². The van der Waals surface area contributed by atoms with Gasteiger partial charge in [-0.2, -0.15) is 0 Å². The van der Waals surface area contributed by atoms with Gasteiger partial charge in [0, 0.05) is 76.9 Å². The lowest BCUT2D eigenvalue weighted by molar-refractivity contribution is -0.305. The lowest BCUT2D eigenvalue weighted by atomic mass is 9.74. The monoisotopic (exact) mass is 1300 g/mol. The molecule has 5 aliphatic rings. The molecule has 6 rings (SSSR count). The maximum Gasteiger partial charge on any atom is 0.408 e. The molecule has 516 valence electrons. The molecule has 5 fully saturated rings. The molecule has 0 aromatic heterocycles. The molecule has 22 atom stereocenters. The Morgan fingerprint density at radius 3 is 2.10 bits per heavy atom. The zero-order chi connectivity index (χ0) is 66.0. The Bertz CT molecular complexity index is 2600. The third-order valence-corrected chi connectivity index (χ3v) is 19.5. The molecular weight excluding hydrogens is 1190 g/mol. The average Bonchev–Trinajstić information content (AvgIpc) is 1.33. The summed E-state index contributed by atoms with van der Waals surface area (Å²) < 4.78 is 100. The van der Waals surface area contributed by atoms with Crippen LogP contribution in [-0.2, 0) is 81.3 Å². The van der Waals surface area contributed by atoms with Crippen molar-refractivity contribution in [2.75, 3.05) is 47.6 Å². The molecule has 1 aromatic rings. The van der Waals surface area contributed by atoms with Crippen LogP contribution in [0.1, 0.15) is 150 Å². The Morgan fingerprint density at radius 2 is 1.49 bits per heavy atom. The van der Waals surface area contributed by atoms with Gasteiger partial charge in [0.15, 0.2) is 30.3 Å². The zero-order valence-corrected chi connectivity index (χ0v) is 56.6. The summed E-state index contributed by atoms with van der Waals surface area (Å²) in [5, 5.41) is 29.9. The summed E-state index contributed by atoms with van der Waals surface area (Å²) in [5.41, 5.74) is -3.18. The van der Waals surface area contributed by atoms with Crippen LogP contribution >= 0.6 is 0 Å². The highest BCUT2D eigenvalue weighted by Gasteiger charge is 2.53. The van der Waals surface area contributed by atoms with Gasteiger partial charge in [0.2, 0.25) is 10.0 Å². The number of ether oxygens (including phenoxy) is 11. The fraction of sp³-hybridized carbons (Fsp3) is 0.831. The lowest BCUT2D eigenvalue weighted by Gasteiger charge is -2.45. The summed E-state index contributed by atoms with van der Waals surface area (Å²) in [5.74, 6) is -7.45. The van der Waals surface area contributed by atoms with Crippen LogP contribution < -0.4 is 10.0 Å². The van der Waals surface area contributed by atoms with E-state index < -0.39 is 160 Å². The van der Waals surface area contributed by atoms with E-state index in [0.29, 0.717) is 18.9 Å². The highest BCUT2D eigenvalue weighted by Crippen LogP contribution is 2.41. The number of amides is 1. The molecule has 24 nitrogen and oxygen atoms in total. The standard InChI is InChI=1S/C64H106N4O20S.CH4/c1-34(2)26-48(69)84-54-41(9)53(36(4)32-80-61-57(78-17)56(77-16)50(70)44(12)83-61)86-59(73)43(11)55(85-49-27-37(5)68(30-39(7)81-49)31-45-24-25-45)40(8)52(87-60-51(71)47(67-79-18)28-38(6)82-60)35(3)29-64(15,58(72)42(54)10)88-62(74)66-63(13,14)33-65-89(75,76)46-22-20-19-21-23-46;/h19-23,34-45,49-57,60-61,65,70-71H,24-33H2,1-18H3,(H,66,74);1H4/b67-47+;/t35-,36-,37+,38+,39-,40+,41-,42+,43+,44+,49-,50+,51+,52-,53+,54+,55-,56+,57+,60-,61+,64-;/m0./s1. The summed E-state index contributed by atoms with van der Waals surface area (Å²) >= 11 is 0. The number of cyclic esters (lactones) is 1. The molecule has 0 bridgehead atoms. The maximum atomic E-state index is 16.1. The number of rotatable bonds is 22. The summed E-state index contributed by atoms with van der Waals surface area (Å²) in [7, 11) is 0.220. The number of aliphatic hydroxyl groups is 2. The van der Waals surface area contributed by atoms with E-state index in [1.807, 2.05) is 27.7 Å². The first-order valence-electron chi connectivity index (χ1n) is 31.9. The van der Waals surface area contributed by atoms with Crippen LogP contribution in [0.25, 0.3) is 0 Å². The van der Waals surface area contributed by atoms with E-state index in [9.17, 15) is 28.2 Å². The molecule has 0 spiro atoms. The summed E-state index contributed by atoms with van der Waals surface area (Å²) in [4.78, 5) is 68.2. The highest BCUT2D eigenvalue weighted by atomic mass is 32.2. The first kappa shape index (κ1) is 76.7. The molecule has 90 heavy (non-hydrogen) atoms. The molecule has 1 aliphatic carbocycles. The Kier molecular flexibility index (Phi) is 28.5. The number of hydrogen-bond acceptors (Lipinski definition) is 22. The van der Waals surface area contributed by atoms with Gasteiger partial charge in [-0.3, -0.25) is 19.3 Å². The van der Waals surface area contributed by atoms with E-state index in [2.05, 4.69) is 27.0 Å². The Balaban J connectivity index is 0.0000147. The van der Waals surface area contributed by atoms with Crippen molar-refractivity contribution in [1.82, 2.24) is 14.9 Å². The molecule has 4 N–H and O–H groups in total. The Morgan fingerprint density at radius 1 is 0.833 bits per heavy atom. The Labute approximate surface area is 535 Å². The molecule has 0 radical (unpaired) electrons. The van der Waals surface area contributed by atoms with Crippen molar-refractivity contribution in [3.63, 3.8) is 0 Å². The van der Waals surface area contributed by atoms with Gasteiger partial charge < -0.3 is 72.5 Å². The normalized spacial score (nSPS) is 37.2. The van der Waals surface area contributed by atoms with Crippen molar-refractivity contribution in [1.29, 1.82) is 0 Å². The number of nitrogens with one attached hydrogen (secondary N) is 2. The van der Waals surface area contributed by atoms with Crippen molar-refractivity contribution in [2.45, 2.75) is 258 Å². The van der Waals surface area contributed by atoms with Gasteiger partial charge >= 0.3 is 18.0 Å². The number of nitrogens with zero attached hydrogens (tertiary/aromatic N) is 2. The topological polar surface area (TPSA) is 293 Å². The molecule has 4 aliphatic heterocycles. The second kappa shape index (κ2) is 33.4. The molecule has 1 saturated carbocycles. The number of aliphatic hydroxyl groups excluding tert-OH is 2. The second-order valence-corrected chi connectivity index (χ2v) is 29.0. The SMILES string of the molecule is C.CO/N=C1\C[C@@H](C)O[C@@H](O[C@@H]2[C@@H](C)[C@H](O[C@H]3C[C@@H](C)N(CC4CC4)C[C@H](C)O3)[C@@H](C)C(=O)O[C@H]([C@@H](C)CO[C@@H]3O[C@H](C)[C@@H](O)[C@@H](OC)[C@H]3OC)[C@H](C)[C@@H](OC(=O)CC(C)C)[C@@H](C)C(=O)[C@@](C)(OC(=O)NC(C)(C)CNS(=O)(=O)c3ccccc3)C[C@@H]2C)[C@@H]1O. The third-order valence-electron chi connectivity index (χ3n) is 18.1. The van der Waals surface area contributed by atoms with Crippen molar-refractivity contribution >= 4 is 39.6 Å². The van der Waals surface area contributed by atoms with Crippen LogP contribution in [-0.4, -0.2) is 204 Å². The van der Waals surface area contributed by atoms with E-state index in [-0.39, 0.29) is 68.5 Å². The molecule has 1 amide bonds. The first-order chi connectivity index (χ1) is 41.7. The number of carbonyl (C=O) groups is 4. The number of carbonyl (C=O) groups excluding carboxylic acids is 4. The van der Waals surface area contributed by atoms with Crippen LogP contribution in [0, 0.1) is 47.3 Å². The molecule has 1 aromatic carbocycles. The molecule has 4 heterocycles. The largest absolute Gasteiger partial charge is 0.461 e. The van der Waals surface area contributed by atoms with Gasteiger partial charge in [-0.05, 0) is 105 Å². The second-order valence-electron chi connectivity index (χ2n) is 27.3. The fourth-order valence-electron chi connectivity index (χ4n) is 13.0. The Hall–Kier alpha value is -3.96. The minimum atomic E-state index is -4.03. The third kappa shape index (κ3) is 20.3. The van der Waals surface area contributed by atoms with Gasteiger partial charge in [-0.15, -0.1) is 0 Å². The number of ketones is 1. The van der Waals surface area contributed by atoms with Crippen molar-refractivity contribution in [3.8, 4) is 0 Å². The number of oxime groups is 1. The van der Waals surface area contributed by atoms with Crippen LogP contribution in [0.4, 0.5) is 4.79 Å². The van der Waals surface area contributed by atoms with E-state index >= 15 is 9.59 Å². The number of alkyl carbamates (subject to hydrolysis) is 1. The first-order valence-corrected chi connectivity index (χ1v) is 33.4. The number of benzene rings is 1. The predicted octanol–water partition coefficient (Wildman–Crippen LogP) is 7.18. The molecule has 25 heteroatoms. The predicted molar refractivity (Wildman–Crippen MR) is 334 cm³/mol. The van der Waals surface area contributed by atoms with Gasteiger partial charge in [0.25, 0.3) is 0 Å². The van der Waals surface area contributed by atoms with Crippen LogP contribution in [0.15, 0.2) is 40.4 Å². The van der Waals surface area contributed by atoms with E-state index in [0.717, 1.165) is 19.4 Å². The van der Waals surface area contributed by atoms with Crippen LogP contribution in [0.3, 0.4) is 0 Å². The molecule has 0 unspecified atom stereocenters. The number of sulfonamides is 1. The van der Waals surface area contributed by atoms with Crippen molar-refractivity contribution in [2.24, 2.45) is 52.5 Å². The molecule has 4 saturated heterocycles. The maximum absolute atomic E-state index is 16.1. The van der Waals surface area contributed by atoms with Crippen molar-refractivity contribution in [3.05, 3.63) is 30.3 Å². The van der Waals surface area contributed by atoms with Gasteiger partial charge in [-0.25, -0.2) is 17.9 Å². The smallest absolute Gasteiger partial charge is 0.408 e. The lowest BCUT2D eigenvalue weighted by Crippen LogP contribution is -2.59. The van der Waals surface area contributed by atoms with Gasteiger partial charge in [-0.1, -0.05) is 79.2 Å². The molecular formula is C65H110N4O20S. The fourth-order valence-corrected chi connectivity index (χ4v) is 14.3. The van der Waals surface area contributed by atoms with Crippen molar-refractivity contribution < 1.29 is 94.8 Å². The van der Waals surface area contributed by atoms with Crippen LogP contribution in [0.5, 0.6) is 0 Å². The number of esters is 2. The zero-order valence-electron chi connectivity index (χ0n) is 55.8. The number of methoxy groups -OCH3 is 2. The van der Waals surface area contributed by atoms with Gasteiger partial charge in [0.1, 0.15) is 43.7 Å². The van der Waals surface area contributed by atoms with E-state index in [4.69, 9.17) is 56.9 Å². The summed E-state index contributed by atoms with van der Waals surface area (Å²) in [6, 6.07) is 7.77. The highest BCUT2D eigenvalue weighted by molar-refractivity contribution is 7.89. The summed E-state index contributed by atoms with van der Waals surface area (Å²) in [6.45, 7) is 27.5. The quantitative estimate of drug-likeness (QED) is 0.0508. The summed E-state index contributed by atoms with van der Waals surface area (Å²) in [6.07, 6.45) is -12.2. The van der Waals surface area contributed by atoms with E-state index in [1.54, 1.807) is 80.5 Å². The number of Topliss-reactive ketones (excluding diaryl/α,β-unsaturated/α-hetero) is 1. The number of hydrogen-bond donors (Lipinski definition) is 4. The average molecular weight is 1300 g/mol. The minimum absolute atomic E-state index is 0. The van der Waals surface area contributed by atoms with Gasteiger partial charge in [0.05, 0.1) is 65.1 Å². The van der Waals surface area contributed by atoms with Crippen LogP contribution in [0.2, 0.25) is 0 Å². The minimum Gasteiger partial charge on any atom is -0.461 e.